The van der Waals surface area contributed by atoms with Crippen LogP contribution in [0.1, 0.15) is 41.6 Å². The Morgan fingerprint density at radius 1 is 1.05 bits per heavy atom. The molecule has 1 N–H and O–H groups in total. The average Bonchev–Trinajstić information content (AvgIpc) is 2.95. The van der Waals surface area contributed by atoms with E-state index in [1.807, 2.05) is 6.92 Å². The van der Waals surface area contributed by atoms with Crippen molar-refractivity contribution >= 4 is 0 Å². The zero-order chi connectivity index (χ0) is 14.5. The van der Waals surface area contributed by atoms with Crippen LogP contribution >= 0.6 is 0 Å². The Kier molecular flexibility index (Phi) is 4.69. The fraction of sp³-hybridized carbons (Fsp3) is 0.368. The molecule has 0 radical (unpaired) electrons. The summed E-state index contributed by atoms with van der Waals surface area (Å²) in [6, 6.07) is 17.8. The van der Waals surface area contributed by atoms with Crippen LogP contribution in [0, 0.1) is 0 Å². The van der Waals surface area contributed by atoms with E-state index in [9.17, 15) is 0 Å². The summed E-state index contributed by atoms with van der Waals surface area (Å²) >= 11 is 0. The Morgan fingerprint density at radius 3 is 2.67 bits per heavy atom. The molecule has 1 aliphatic carbocycles. The maximum absolute atomic E-state index is 5.56. The highest BCUT2D eigenvalue weighted by atomic mass is 16.5. The number of fused-ring (bicyclic) bond motifs is 1. The largest absolute Gasteiger partial charge is 0.377 e. The minimum Gasteiger partial charge on any atom is -0.377 e. The van der Waals surface area contributed by atoms with Gasteiger partial charge in [-0.1, -0.05) is 48.5 Å². The van der Waals surface area contributed by atoms with Crippen molar-refractivity contribution in [3.8, 4) is 0 Å². The molecule has 2 heteroatoms. The lowest BCUT2D eigenvalue weighted by Gasteiger charge is -2.16. The fourth-order valence-electron chi connectivity index (χ4n) is 3.09. The second kappa shape index (κ2) is 6.88. The van der Waals surface area contributed by atoms with Crippen LogP contribution in [-0.2, 0) is 24.3 Å². The Morgan fingerprint density at radius 2 is 1.81 bits per heavy atom. The molecular weight excluding hydrogens is 258 g/mol. The van der Waals surface area contributed by atoms with Crippen molar-refractivity contribution in [2.24, 2.45) is 0 Å². The molecule has 1 aliphatic rings. The molecular formula is C19H23NO. The van der Waals surface area contributed by atoms with Crippen molar-refractivity contribution in [1.82, 2.24) is 5.32 Å². The molecule has 2 aromatic carbocycles. The van der Waals surface area contributed by atoms with Gasteiger partial charge in [-0.2, -0.15) is 0 Å². The van der Waals surface area contributed by atoms with Crippen LogP contribution in [-0.4, -0.2) is 6.61 Å². The van der Waals surface area contributed by atoms with E-state index in [-0.39, 0.29) is 0 Å². The van der Waals surface area contributed by atoms with Crippen LogP contribution < -0.4 is 5.32 Å². The lowest BCUT2D eigenvalue weighted by Crippen LogP contribution is -2.19. The van der Waals surface area contributed by atoms with Gasteiger partial charge in [0.2, 0.25) is 0 Å². The number of ether oxygens (including phenoxy) is 1. The monoisotopic (exact) mass is 281 g/mol. The third kappa shape index (κ3) is 3.34. The van der Waals surface area contributed by atoms with Gasteiger partial charge in [-0.05, 0) is 42.0 Å². The summed E-state index contributed by atoms with van der Waals surface area (Å²) < 4.78 is 5.56. The molecule has 0 aliphatic heterocycles. The quantitative estimate of drug-likeness (QED) is 0.864. The SMILES string of the molecule is CCOCc1ccccc1CNC1CCc2ccccc21. The first kappa shape index (κ1) is 14.3. The highest BCUT2D eigenvalue weighted by molar-refractivity contribution is 5.34. The van der Waals surface area contributed by atoms with Crippen LogP contribution in [0.2, 0.25) is 0 Å². The van der Waals surface area contributed by atoms with Crippen LogP contribution in [0.25, 0.3) is 0 Å². The van der Waals surface area contributed by atoms with Gasteiger partial charge in [-0.15, -0.1) is 0 Å². The van der Waals surface area contributed by atoms with Gasteiger partial charge in [-0.3, -0.25) is 0 Å². The molecule has 2 nitrogen and oxygen atoms in total. The molecule has 0 heterocycles. The first-order chi connectivity index (χ1) is 10.4. The minimum absolute atomic E-state index is 0.487. The molecule has 3 rings (SSSR count). The number of benzene rings is 2. The van der Waals surface area contributed by atoms with Crippen molar-refractivity contribution < 1.29 is 4.74 Å². The first-order valence-electron chi connectivity index (χ1n) is 7.84. The van der Waals surface area contributed by atoms with Crippen molar-refractivity contribution in [2.75, 3.05) is 6.61 Å². The molecule has 0 saturated heterocycles. The third-order valence-corrected chi connectivity index (χ3v) is 4.25. The Hall–Kier alpha value is -1.64. The predicted molar refractivity (Wildman–Crippen MR) is 86.1 cm³/mol. The molecule has 0 bridgehead atoms. The molecule has 0 aromatic heterocycles. The maximum atomic E-state index is 5.56. The summed E-state index contributed by atoms with van der Waals surface area (Å²) in [6.07, 6.45) is 2.39. The van der Waals surface area contributed by atoms with E-state index in [2.05, 4.69) is 53.8 Å². The summed E-state index contributed by atoms with van der Waals surface area (Å²) in [4.78, 5) is 0. The molecule has 0 amide bonds. The van der Waals surface area contributed by atoms with E-state index in [4.69, 9.17) is 4.74 Å². The van der Waals surface area contributed by atoms with Crippen molar-refractivity contribution in [2.45, 2.75) is 39.0 Å². The zero-order valence-corrected chi connectivity index (χ0v) is 12.6. The number of hydrogen-bond acceptors (Lipinski definition) is 2. The zero-order valence-electron chi connectivity index (χ0n) is 12.6. The van der Waals surface area contributed by atoms with Crippen LogP contribution in [0.3, 0.4) is 0 Å². The van der Waals surface area contributed by atoms with E-state index in [1.165, 1.54) is 35.1 Å². The smallest absolute Gasteiger partial charge is 0.0719 e. The van der Waals surface area contributed by atoms with E-state index >= 15 is 0 Å². The van der Waals surface area contributed by atoms with Gasteiger partial charge in [0.15, 0.2) is 0 Å². The van der Waals surface area contributed by atoms with Crippen molar-refractivity contribution in [3.05, 3.63) is 70.8 Å². The summed E-state index contributed by atoms with van der Waals surface area (Å²) in [5.74, 6) is 0. The molecule has 0 spiro atoms. The van der Waals surface area contributed by atoms with Gasteiger partial charge < -0.3 is 10.1 Å². The van der Waals surface area contributed by atoms with E-state index in [0.717, 1.165) is 13.2 Å². The molecule has 0 fully saturated rings. The lowest BCUT2D eigenvalue weighted by molar-refractivity contribution is 0.133. The molecule has 2 aromatic rings. The Bertz CT molecular complexity index is 594. The topological polar surface area (TPSA) is 21.3 Å². The first-order valence-corrected chi connectivity index (χ1v) is 7.84. The number of nitrogens with one attached hydrogen (secondary N) is 1. The summed E-state index contributed by atoms with van der Waals surface area (Å²) in [5, 5.41) is 3.72. The molecule has 0 saturated carbocycles. The highest BCUT2D eigenvalue weighted by Gasteiger charge is 2.21. The standard InChI is InChI=1S/C19H23NO/c1-2-21-14-17-9-4-3-8-16(17)13-20-19-12-11-15-7-5-6-10-18(15)19/h3-10,19-20H,2,11-14H2,1H3. The molecule has 21 heavy (non-hydrogen) atoms. The minimum atomic E-state index is 0.487. The lowest BCUT2D eigenvalue weighted by atomic mass is 10.1. The highest BCUT2D eigenvalue weighted by Crippen LogP contribution is 2.31. The number of rotatable bonds is 6. The van der Waals surface area contributed by atoms with Crippen LogP contribution in [0.5, 0.6) is 0 Å². The van der Waals surface area contributed by atoms with Gasteiger partial charge in [0.1, 0.15) is 0 Å². The van der Waals surface area contributed by atoms with Crippen LogP contribution in [0.15, 0.2) is 48.5 Å². The fourth-order valence-corrected chi connectivity index (χ4v) is 3.09. The van der Waals surface area contributed by atoms with Gasteiger partial charge >= 0.3 is 0 Å². The summed E-state index contributed by atoms with van der Waals surface area (Å²) in [5.41, 5.74) is 5.60. The Labute approximate surface area is 127 Å². The van der Waals surface area contributed by atoms with Gasteiger partial charge in [0.25, 0.3) is 0 Å². The van der Waals surface area contributed by atoms with Gasteiger partial charge in [0.05, 0.1) is 6.61 Å². The van der Waals surface area contributed by atoms with Crippen molar-refractivity contribution in [3.63, 3.8) is 0 Å². The van der Waals surface area contributed by atoms with E-state index in [0.29, 0.717) is 12.6 Å². The van der Waals surface area contributed by atoms with Gasteiger partial charge in [0, 0.05) is 19.2 Å². The Balaban J connectivity index is 1.66. The third-order valence-electron chi connectivity index (χ3n) is 4.25. The summed E-state index contributed by atoms with van der Waals surface area (Å²) in [6.45, 7) is 4.41. The average molecular weight is 281 g/mol. The molecule has 1 atom stereocenters. The normalized spacial score (nSPS) is 16.9. The van der Waals surface area contributed by atoms with E-state index < -0.39 is 0 Å². The van der Waals surface area contributed by atoms with Gasteiger partial charge in [-0.25, -0.2) is 0 Å². The second-order valence-electron chi connectivity index (χ2n) is 5.58. The molecule has 110 valence electrons. The summed E-state index contributed by atoms with van der Waals surface area (Å²) in [7, 11) is 0. The number of hydrogen-bond donors (Lipinski definition) is 1. The maximum Gasteiger partial charge on any atom is 0.0719 e. The molecule has 1 unspecified atom stereocenters. The van der Waals surface area contributed by atoms with Crippen LogP contribution in [0.4, 0.5) is 0 Å². The number of aryl methyl sites for hydroxylation is 1. The van der Waals surface area contributed by atoms with E-state index in [1.54, 1.807) is 0 Å². The van der Waals surface area contributed by atoms with Crippen molar-refractivity contribution in [1.29, 1.82) is 0 Å². The second-order valence-corrected chi connectivity index (χ2v) is 5.58. The predicted octanol–water partition coefficient (Wildman–Crippen LogP) is 4.00.